The van der Waals surface area contributed by atoms with Crippen LogP contribution in [0.15, 0.2) is 24.3 Å². The fourth-order valence-electron chi connectivity index (χ4n) is 2.10. The molecule has 0 saturated heterocycles. The Morgan fingerprint density at radius 3 is 2.53 bits per heavy atom. The highest BCUT2D eigenvalue weighted by Crippen LogP contribution is 2.27. The quantitative estimate of drug-likeness (QED) is 0.777. The third-order valence-corrected chi connectivity index (χ3v) is 3.27. The van der Waals surface area contributed by atoms with Gasteiger partial charge in [0, 0.05) is 18.7 Å². The predicted molar refractivity (Wildman–Crippen MR) is 74.1 cm³/mol. The van der Waals surface area contributed by atoms with Crippen molar-refractivity contribution in [3.05, 3.63) is 35.6 Å². The number of amides is 1. The number of nitrogens with two attached hydrogens (primary N) is 1. The highest BCUT2D eigenvalue weighted by atomic mass is 19.1. The van der Waals surface area contributed by atoms with Gasteiger partial charge in [-0.25, -0.2) is 4.39 Å². The summed E-state index contributed by atoms with van der Waals surface area (Å²) in [6.45, 7) is 3.11. The molecule has 1 amide bonds. The van der Waals surface area contributed by atoms with Crippen LogP contribution in [-0.4, -0.2) is 38.0 Å². The molecular weight excluding hydrogens is 245 g/mol. The molecule has 1 aromatic carbocycles. The van der Waals surface area contributed by atoms with E-state index in [1.165, 1.54) is 6.07 Å². The average Bonchev–Trinajstić information content (AvgIpc) is 2.35. The van der Waals surface area contributed by atoms with Gasteiger partial charge in [0.2, 0.25) is 5.91 Å². The molecule has 0 aliphatic carbocycles. The SMILES string of the molecule is CCC(NCCN(C)C)(C(N)=O)c1ccccc1F. The smallest absolute Gasteiger partial charge is 0.242 e. The number of hydrogen-bond acceptors (Lipinski definition) is 3. The molecule has 1 unspecified atom stereocenters. The molecule has 0 bridgehead atoms. The number of carbonyl (C=O) groups excluding carboxylic acids is 1. The molecule has 1 aromatic rings. The fraction of sp³-hybridized carbons (Fsp3) is 0.500. The molecule has 0 radical (unpaired) electrons. The largest absolute Gasteiger partial charge is 0.368 e. The van der Waals surface area contributed by atoms with Crippen molar-refractivity contribution in [2.75, 3.05) is 27.2 Å². The minimum Gasteiger partial charge on any atom is -0.368 e. The van der Waals surface area contributed by atoms with Crippen molar-refractivity contribution in [1.82, 2.24) is 10.2 Å². The molecule has 0 heterocycles. The van der Waals surface area contributed by atoms with Crippen LogP contribution in [0.2, 0.25) is 0 Å². The van der Waals surface area contributed by atoms with Crippen molar-refractivity contribution in [2.24, 2.45) is 5.73 Å². The molecular formula is C14H22FN3O. The second-order valence-corrected chi connectivity index (χ2v) is 4.83. The van der Waals surface area contributed by atoms with Crippen LogP contribution in [0.25, 0.3) is 0 Å². The Kier molecular flexibility index (Phi) is 5.44. The number of carbonyl (C=O) groups is 1. The summed E-state index contributed by atoms with van der Waals surface area (Å²) >= 11 is 0. The summed E-state index contributed by atoms with van der Waals surface area (Å²) in [5, 5.41) is 3.11. The Morgan fingerprint density at radius 1 is 1.42 bits per heavy atom. The van der Waals surface area contributed by atoms with E-state index in [4.69, 9.17) is 5.73 Å². The van der Waals surface area contributed by atoms with Gasteiger partial charge in [-0.3, -0.25) is 10.1 Å². The van der Waals surface area contributed by atoms with Crippen LogP contribution < -0.4 is 11.1 Å². The molecule has 4 nitrogen and oxygen atoms in total. The summed E-state index contributed by atoms with van der Waals surface area (Å²) in [6, 6.07) is 6.25. The van der Waals surface area contributed by atoms with Crippen LogP contribution in [-0.2, 0) is 10.3 Å². The van der Waals surface area contributed by atoms with Crippen molar-refractivity contribution < 1.29 is 9.18 Å². The van der Waals surface area contributed by atoms with E-state index >= 15 is 0 Å². The highest BCUT2D eigenvalue weighted by molar-refractivity contribution is 5.86. The number of halogens is 1. The summed E-state index contributed by atoms with van der Waals surface area (Å²) in [4.78, 5) is 13.8. The first-order chi connectivity index (χ1) is 8.94. The van der Waals surface area contributed by atoms with E-state index in [0.29, 0.717) is 18.5 Å². The molecule has 1 atom stereocenters. The van der Waals surface area contributed by atoms with Gasteiger partial charge >= 0.3 is 0 Å². The van der Waals surface area contributed by atoms with E-state index in [9.17, 15) is 9.18 Å². The Bertz CT molecular complexity index is 436. The molecule has 3 N–H and O–H groups in total. The number of likely N-dealkylation sites (N-methyl/N-ethyl adjacent to an activating group) is 1. The zero-order chi connectivity index (χ0) is 14.5. The molecule has 0 aliphatic heterocycles. The number of nitrogens with zero attached hydrogens (tertiary/aromatic N) is 1. The summed E-state index contributed by atoms with van der Waals surface area (Å²) in [5.41, 5.74) is 4.68. The van der Waals surface area contributed by atoms with Gasteiger partial charge in [-0.15, -0.1) is 0 Å². The molecule has 5 heteroatoms. The van der Waals surface area contributed by atoms with E-state index < -0.39 is 17.3 Å². The lowest BCUT2D eigenvalue weighted by Gasteiger charge is -2.32. The van der Waals surface area contributed by atoms with Crippen molar-refractivity contribution in [3.63, 3.8) is 0 Å². The van der Waals surface area contributed by atoms with Crippen LogP contribution in [0.3, 0.4) is 0 Å². The van der Waals surface area contributed by atoms with Crippen LogP contribution in [0.5, 0.6) is 0 Å². The topological polar surface area (TPSA) is 58.4 Å². The minimum atomic E-state index is -1.15. The van der Waals surface area contributed by atoms with Gasteiger partial charge in [0.25, 0.3) is 0 Å². The molecule has 0 aromatic heterocycles. The second-order valence-electron chi connectivity index (χ2n) is 4.83. The summed E-state index contributed by atoms with van der Waals surface area (Å²) in [7, 11) is 3.87. The lowest BCUT2D eigenvalue weighted by Crippen LogP contribution is -2.54. The molecule has 106 valence electrons. The Morgan fingerprint density at radius 2 is 2.05 bits per heavy atom. The zero-order valence-electron chi connectivity index (χ0n) is 11.7. The maximum absolute atomic E-state index is 14.0. The number of rotatable bonds is 7. The zero-order valence-corrected chi connectivity index (χ0v) is 11.7. The van der Waals surface area contributed by atoms with Gasteiger partial charge < -0.3 is 10.6 Å². The molecule has 19 heavy (non-hydrogen) atoms. The number of benzene rings is 1. The van der Waals surface area contributed by atoms with Crippen LogP contribution in [0.4, 0.5) is 4.39 Å². The van der Waals surface area contributed by atoms with Crippen LogP contribution >= 0.6 is 0 Å². The second kappa shape index (κ2) is 6.63. The van der Waals surface area contributed by atoms with Gasteiger partial charge in [0.05, 0.1) is 0 Å². The summed E-state index contributed by atoms with van der Waals surface area (Å²) < 4.78 is 14.0. The first-order valence-corrected chi connectivity index (χ1v) is 6.38. The lowest BCUT2D eigenvalue weighted by molar-refractivity contribution is -0.125. The third kappa shape index (κ3) is 3.52. The van der Waals surface area contributed by atoms with Crippen LogP contribution in [0, 0.1) is 5.82 Å². The van der Waals surface area contributed by atoms with Crippen LogP contribution in [0.1, 0.15) is 18.9 Å². The number of hydrogen-bond donors (Lipinski definition) is 2. The first kappa shape index (κ1) is 15.6. The van der Waals surface area contributed by atoms with E-state index in [1.54, 1.807) is 18.2 Å². The maximum Gasteiger partial charge on any atom is 0.242 e. The molecule has 0 saturated carbocycles. The Hall–Kier alpha value is -1.46. The fourth-order valence-corrected chi connectivity index (χ4v) is 2.10. The highest BCUT2D eigenvalue weighted by Gasteiger charge is 2.38. The Balaban J connectivity index is 3.06. The van der Waals surface area contributed by atoms with E-state index in [-0.39, 0.29) is 0 Å². The van der Waals surface area contributed by atoms with E-state index in [1.807, 2.05) is 25.9 Å². The predicted octanol–water partition coefficient (Wildman–Crippen LogP) is 1.07. The van der Waals surface area contributed by atoms with E-state index in [2.05, 4.69) is 5.32 Å². The number of primary amides is 1. The van der Waals surface area contributed by atoms with Crippen molar-refractivity contribution in [1.29, 1.82) is 0 Å². The average molecular weight is 267 g/mol. The van der Waals surface area contributed by atoms with Crippen molar-refractivity contribution >= 4 is 5.91 Å². The monoisotopic (exact) mass is 267 g/mol. The van der Waals surface area contributed by atoms with Gasteiger partial charge in [0.1, 0.15) is 11.4 Å². The maximum atomic E-state index is 14.0. The molecule has 0 spiro atoms. The molecule has 1 rings (SSSR count). The lowest BCUT2D eigenvalue weighted by atomic mass is 9.86. The molecule has 0 fully saturated rings. The molecule has 0 aliphatic rings. The van der Waals surface area contributed by atoms with Gasteiger partial charge in [0.15, 0.2) is 0 Å². The van der Waals surface area contributed by atoms with Crippen molar-refractivity contribution in [2.45, 2.75) is 18.9 Å². The minimum absolute atomic E-state index is 0.309. The number of nitrogens with one attached hydrogen (secondary N) is 1. The van der Waals surface area contributed by atoms with E-state index in [0.717, 1.165) is 6.54 Å². The Labute approximate surface area is 113 Å². The van der Waals surface area contributed by atoms with Crippen molar-refractivity contribution in [3.8, 4) is 0 Å². The first-order valence-electron chi connectivity index (χ1n) is 6.38. The normalized spacial score (nSPS) is 14.4. The van der Waals surface area contributed by atoms with Gasteiger partial charge in [-0.2, -0.15) is 0 Å². The third-order valence-electron chi connectivity index (χ3n) is 3.27. The summed E-state index contributed by atoms with van der Waals surface area (Å²) in [6.07, 6.45) is 0.399. The standard InChI is InChI=1S/C14H22FN3O/c1-4-14(13(16)19,17-9-10-18(2)3)11-7-5-6-8-12(11)15/h5-8,17H,4,9-10H2,1-3H3,(H2,16,19). The van der Waals surface area contributed by atoms with Gasteiger partial charge in [-0.1, -0.05) is 25.1 Å². The summed E-state index contributed by atoms with van der Waals surface area (Å²) in [5.74, 6) is -0.973. The van der Waals surface area contributed by atoms with Gasteiger partial charge in [-0.05, 0) is 26.6 Å².